The second-order valence-corrected chi connectivity index (χ2v) is 11.5. The fourth-order valence-corrected chi connectivity index (χ4v) is 7.49. The third-order valence-electron chi connectivity index (χ3n) is 7.33. The van der Waals surface area contributed by atoms with Gasteiger partial charge in [0.05, 0.1) is 5.75 Å². The summed E-state index contributed by atoms with van der Waals surface area (Å²) in [7, 11) is -2.94. The van der Waals surface area contributed by atoms with Crippen molar-refractivity contribution in [2.24, 2.45) is 29.6 Å². The van der Waals surface area contributed by atoms with Crippen molar-refractivity contribution in [1.82, 2.24) is 0 Å². The van der Waals surface area contributed by atoms with Gasteiger partial charge in [0.2, 0.25) is 11.6 Å². The molecule has 1 saturated heterocycles. The minimum atomic E-state index is -2.94. The van der Waals surface area contributed by atoms with Gasteiger partial charge in [0, 0.05) is 30.9 Å². The Labute approximate surface area is 149 Å². The van der Waals surface area contributed by atoms with Crippen molar-refractivity contribution < 1.29 is 28.0 Å². The molecule has 1 aliphatic heterocycles. The Kier molecular flexibility index (Phi) is 3.82. The third kappa shape index (κ3) is 2.87. The number of sulfone groups is 1. The van der Waals surface area contributed by atoms with Crippen molar-refractivity contribution in [3.8, 4) is 0 Å². The summed E-state index contributed by atoms with van der Waals surface area (Å²) in [6.07, 6.45) is 10.0. The minimum absolute atomic E-state index is 0.171. The SMILES string of the molecule is CS(=O)(=O)CC1CCC2(CC1)OOC1(OO2)C2CC3CC(C2)CC1C3. The van der Waals surface area contributed by atoms with Crippen LogP contribution >= 0.6 is 0 Å². The van der Waals surface area contributed by atoms with Crippen LogP contribution in [0.1, 0.15) is 57.8 Å². The lowest BCUT2D eigenvalue weighted by Gasteiger charge is -2.60. The summed E-state index contributed by atoms with van der Waals surface area (Å²) in [6.45, 7) is 0. The third-order valence-corrected chi connectivity index (χ3v) is 8.41. The van der Waals surface area contributed by atoms with Gasteiger partial charge in [-0.25, -0.2) is 8.42 Å². The molecule has 6 fully saturated rings. The summed E-state index contributed by atoms with van der Waals surface area (Å²) >= 11 is 0. The zero-order valence-electron chi connectivity index (χ0n) is 14.8. The molecular formula is C18H28O6S. The highest BCUT2D eigenvalue weighted by Gasteiger charge is 2.64. The van der Waals surface area contributed by atoms with E-state index in [1.165, 1.54) is 12.7 Å². The van der Waals surface area contributed by atoms with Crippen LogP contribution in [0.4, 0.5) is 0 Å². The summed E-state index contributed by atoms with van der Waals surface area (Å²) in [5.41, 5.74) is 0. The van der Waals surface area contributed by atoms with Crippen LogP contribution in [0.2, 0.25) is 0 Å². The molecule has 5 aliphatic carbocycles. The standard InChI is InChI=1S/C18H28O6S/c1-25(19,20)11-12-2-4-17(5-3-12)21-23-18(24-22-17)15-7-13-6-14(9-15)10-16(18)8-13/h12-16H,2-11H2,1H3. The van der Waals surface area contributed by atoms with Crippen LogP contribution in [-0.2, 0) is 29.4 Å². The Morgan fingerprint density at radius 1 is 0.840 bits per heavy atom. The lowest BCUT2D eigenvalue weighted by molar-refractivity contribution is -0.680. The average molecular weight is 372 g/mol. The summed E-state index contributed by atoms with van der Waals surface area (Å²) < 4.78 is 23.0. The quantitative estimate of drug-likeness (QED) is 0.694. The lowest BCUT2D eigenvalue weighted by Crippen LogP contribution is -2.64. The Balaban J connectivity index is 1.24. The van der Waals surface area contributed by atoms with E-state index in [0.29, 0.717) is 24.7 Å². The molecule has 4 bridgehead atoms. The fourth-order valence-electron chi connectivity index (χ4n) is 6.30. The van der Waals surface area contributed by atoms with Crippen LogP contribution in [0.25, 0.3) is 0 Å². The van der Waals surface area contributed by atoms with Crippen molar-refractivity contribution in [2.75, 3.05) is 12.0 Å². The van der Waals surface area contributed by atoms with E-state index in [1.807, 2.05) is 0 Å². The minimum Gasteiger partial charge on any atom is -0.229 e. The van der Waals surface area contributed by atoms with Gasteiger partial charge in [0.25, 0.3) is 0 Å². The van der Waals surface area contributed by atoms with Gasteiger partial charge in [-0.3, -0.25) is 0 Å². The van der Waals surface area contributed by atoms with Gasteiger partial charge < -0.3 is 0 Å². The van der Waals surface area contributed by atoms with E-state index in [9.17, 15) is 8.42 Å². The van der Waals surface area contributed by atoms with Crippen LogP contribution in [0.3, 0.4) is 0 Å². The molecule has 7 heteroatoms. The maximum Gasteiger partial charge on any atom is 0.239 e. The molecule has 2 spiro atoms. The van der Waals surface area contributed by atoms with Gasteiger partial charge in [-0.15, -0.1) is 0 Å². The Bertz CT molecular complexity index is 596. The van der Waals surface area contributed by atoms with Crippen LogP contribution < -0.4 is 0 Å². The first-order valence-corrected chi connectivity index (χ1v) is 11.8. The summed E-state index contributed by atoms with van der Waals surface area (Å²) in [5, 5.41) is 0. The van der Waals surface area contributed by atoms with E-state index in [0.717, 1.165) is 50.4 Å². The number of hydrogen-bond donors (Lipinski definition) is 0. The molecule has 1 heterocycles. The van der Waals surface area contributed by atoms with Crippen molar-refractivity contribution in [3.05, 3.63) is 0 Å². The Morgan fingerprint density at radius 2 is 1.36 bits per heavy atom. The van der Waals surface area contributed by atoms with E-state index < -0.39 is 21.4 Å². The van der Waals surface area contributed by atoms with Gasteiger partial charge in [-0.2, -0.15) is 19.6 Å². The topological polar surface area (TPSA) is 71.1 Å². The van der Waals surface area contributed by atoms with E-state index in [-0.39, 0.29) is 11.7 Å². The van der Waals surface area contributed by atoms with Crippen LogP contribution in [0.5, 0.6) is 0 Å². The normalized spacial score (nSPS) is 52.1. The van der Waals surface area contributed by atoms with Gasteiger partial charge >= 0.3 is 0 Å². The molecule has 6 rings (SSSR count). The Hall–Kier alpha value is -0.210. The molecule has 0 atom stereocenters. The van der Waals surface area contributed by atoms with Crippen LogP contribution in [0.15, 0.2) is 0 Å². The molecule has 0 N–H and O–H groups in total. The van der Waals surface area contributed by atoms with E-state index in [2.05, 4.69) is 0 Å². The molecule has 5 saturated carbocycles. The molecule has 0 radical (unpaired) electrons. The number of hydrogen-bond acceptors (Lipinski definition) is 6. The molecule has 0 aromatic heterocycles. The molecule has 6 nitrogen and oxygen atoms in total. The van der Waals surface area contributed by atoms with Crippen molar-refractivity contribution in [3.63, 3.8) is 0 Å². The second-order valence-electron chi connectivity index (χ2n) is 9.31. The molecule has 142 valence electrons. The van der Waals surface area contributed by atoms with Crippen molar-refractivity contribution in [1.29, 1.82) is 0 Å². The molecular weight excluding hydrogens is 344 g/mol. The van der Waals surface area contributed by atoms with Gasteiger partial charge in [-0.1, -0.05) is 0 Å². The molecule has 0 aromatic rings. The Morgan fingerprint density at radius 3 is 1.84 bits per heavy atom. The molecule has 0 aromatic carbocycles. The monoisotopic (exact) mass is 372 g/mol. The molecule has 0 unspecified atom stereocenters. The van der Waals surface area contributed by atoms with Crippen LogP contribution in [-0.4, -0.2) is 32.0 Å². The molecule has 0 amide bonds. The number of rotatable bonds is 2. The lowest BCUT2D eigenvalue weighted by atomic mass is 9.53. The van der Waals surface area contributed by atoms with E-state index in [1.54, 1.807) is 0 Å². The maximum atomic E-state index is 11.5. The van der Waals surface area contributed by atoms with E-state index in [4.69, 9.17) is 19.6 Å². The zero-order valence-corrected chi connectivity index (χ0v) is 15.6. The summed E-state index contributed by atoms with van der Waals surface area (Å²) in [5.74, 6) is 1.25. The average Bonchev–Trinajstić information content (AvgIpc) is 2.55. The van der Waals surface area contributed by atoms with Gasteiger partial charge in [-0.05, 0) is 62.7 Å². The maximum absolute atomic E-state index is 11.5. The van der Waals surface area contributed by atoms with Crippen LogP contribution in [0, 0.1) is 29.6 Å². The first-order chi connectivity index (χ1) is 11.9. The zero-order chi connectivity index (χ0) is 17.3. The van der Waals surface area contributed by atoms with Gasteiger partial charge in [0.1, 0.15) is 9.84 Å². The highest BCUT2D eigenvalue weighted by molar-refractivity contribution is 7.90. The smallest absolute Gasteiger partial charge is 0.229 e. The predicted molar refractivity (Wildman–Crippen MR) is 88.5 cm³/mol. The van der Waals surface area contributed by atoms with Crippen molar-refractivity contribution in [2.45, 2.75) is 69.4 Å². The highest BCUT2D eigenvalue weighted by Crippen LogP contribution is 2.61. The first-order valence-electron chi connectivity index (χ1n) is 9.77. The largest absolute Gasteiger partial charge is 0.239 e. The van der Waals surface area contributed by atoms with Gasteiger partial charge in [0.15, 0.2) is 0 Å². The fraction of sp³-hybridized carbons (Fsp3) is 1.00. The highest BCUT2D eigenvalue weighted by atomic mass is 32.2. The van der Waals surface area contributed by atoms with Crippen molar-refractivity contribution >= 4 is 9.84 Å². The summed E-state index contributed by atoms with van der Waals surface area (Å²) in [4.78, 5) is 23.7. The summed E-state index contributed by atoms with van der Waals surface area (Å²) in [6, 6.07) is 0. The molecule has 6 aliphatic rings. The van der Waals surface area contributed by atoms with E-state index >= 15 is 0 Å². The second kappa shape index (κ2) is 5.64. The predicted octanol–water partition coefficient (Wildman–Crippen LogP) is 2.98. The molecule has 25 heavy (non-hydrogen) atoms. The first kappa shape index (κ1) is 16.9.